The summed E-state index contributed by atoms with van der Waals surface area (Å²) in [4.78, 5) is 46.6. The lowest BCUT2D eigenvalue weighted by Crippen LogP contribution is -2.73. The van der Waals surface area contributed by atoms with Crippen molar-refractivity contribution in [1.29, 1.82) is 0 Å². The molecule has 3 rings (SSSR count). The number of nitrogens with one attached hydrogen (secondary N) is 1. The van der Waals surface area contributed by atoms with E-state index in [1.165, 1.54) is 26.2 Å². The SMILES string of the molecule is Cc1nnn(CC2C(NC(=O)/C(=N\OC(C)(C)C(=O)O)c3csc(N)n3)C(=O)N2S(=O)(=O)O)n1. The Morgan fingerprint density at radius 3 is 2.59 bits per heavy atom. The monoisotopic (exact) mass is 517 g/mol. The largest absolute Gasteiger partial charge is 0.478 e. The van der Waals surface area contributed by atoms with Crippen molar-refractivity contribution in [1.82, 2.24) is 34.8 Å². The molecular formula is C15H19N9O8S2. The molecular weight excluding hydrogens is 498 g/mol. The number of nitrogens with zero attached hydrogens (tertiary/aromatic N) is 7. The number of anilines is 1. The lowest BCUT2D eigenvalue weighted by molar-refractivity contribution is -0.161. The summed E-state index contributed by atoms with van der Waals surface area (Å²) in [5.74, 6) is -3.30. The van der Waals surface area contributed by atoms with E-state index in [1.807, 2.05) is 0 Å². The number of nitrogens with two attached hydrogens (primary N) is 1. The van der Waals surface area contributed by atoms with Crippen LogP contribution in [-0.2, 0) is 36.1 Å². The summed E-state index contributed by atoms with van der Waals surface area (Å²) in [6.45, 7) is 3.56. The average molecular weight is 518 g/mol. The van der Waals surface area contributed by atoms with Gasteiger partial charge in [-0.25, -0.2) is 14.1 Å². The molecule has 0 aromatic carbocycles. The van der Waals surface area contributed by atoms with E-state index in [1.54, 1.807) is 0 Å². The maximum absolute atomic E-state index is 13.0. The molecule has 0 bridgehead atoms. The predicted molar refractivity (Wildman–Crippen MR) is 113 cm³/mol. The summed E-state index contributed by atoms with van der Waals surface area (Å²) in [6.07, 6.45) is 0. The summed E-state index contributed by atoms with van der Waals surface area (Å²) < 4.78 is 32.9. The molecule has 0 spiro atoms. The minimum absolute atomic E-state index is 0.0655. The number of carboxylic acid groups (broad SMARTS) is 1. The molecule has 2 aromatic heterocycles. The molecule has 2 unspecified atom stereocenters. The molecule has 0 saturated carbocycles. The highest BCUT2D eigenvalue weighted by Gasteiger charge is 2.54. The number of rotatable bonds is 9. The van der Waals surface area contributed by atoms with Crippen LogP contribution in [0.15, 0.2) is 10.5 Å². The van der Waals surface area contributed by atoms with E-state index >= 15 is 0 Å². The smallest absolute Gasteiger partial charge is 0.362 e. The number of aromatic nitrogens is 5. The lowest BCUT2D eigenvalue weighted by Gasteiger charge is -2.43. The van der Waals surface area contributed by atoms with E-state index in [9.17, 15) is 32.5 Å². The number of carbonyl (C=O) groups excluding carboxylic acids is 2. The van der Waals surface area contributed by atoms with Crippen molar-refractivity contribution < 1.29 is 37.3 Å². The number of hydrogen-bond acceptors (Lipinski definition) is 13. The van der Waals surface area contributed by atoms with Gasteiger partial charge in [-0.3, -0.25) is 14.1 Å². The van der Waals surface area contributed by atoms with Gasteiger partial charge in [0.15, 0.2) is 16.7 Å². The first-order chi connectivity index (χ1) is 15.7. The summed E-state index contributed by atoms with van der Waals surface area (Å²) in [7, 11) is -4.96. The van der Waals surface area contributed by atoms with Crippen LogP contribution < -0.4 is 11.1 Å². The van der Waals surface area contributed by atoms with E-state index in [0.29, 0.717) is 0 Å². The van der Waals surface area contributed by atoms with Gasteiger partial charge in [0.2, 0.25) is 5.60 Å². The van der Waals surface area contributed by atoms with E-state index in [2.05, 4.69) is 30.9 Å². The Kier molecular flexibility index (Phi) is 6.53. The van der Waals surface area contributed by atoms with Gasteiger partial charge < -0.3 is 21.0 Å². The molecule has 0 radical (unpaired) electrons. The summed E-state index contributed by atoms with van der Waals surface area (Å²) >= 11 is 0.957. The molecule has 1 saturated heterocycles. The standard InChI is InChI=1S/C15H19N9O8S2/c1-6-19-22-23(20-6)4-8-10(12(26)24(8)34(29,30)31)18-11(25)9(7-5-33-14(16)17-7)21-32-15(2,3)13(27)28/h5,8,10H,4H2,1-3H3,(H2,16,17)(H,18,25)(H,27,28)(H,29,30,31)/b21-9-. The van der Waals surface area contributed by atoms with Crippen LogP contribution in [0.2, 0.25) is 0 Å². The molecule has 34 heavy (non-hydrogen) atoms. The number of hydrogen-bond donors (Lipinski definition) is 4. The minimum Gasteiger partial charge on any atom is -0.478 e. The van der Waals surface area contributed by atoms with Crippen molar-refractivity contribution in [3.63, 3.8) is 0 Å². The zero-order valence-electron chi connectivity index (χ0n) is 17.8. The van der Waals surface area contributed by atoms with Gasteiger partial charge in [-0.2, -0.15) is 13.2 Å². The second-order valence-electron chi connectivity index (χ2n) is 7.44. The highest BCUT2D eigenvalue weighted by atomic mass is 32.2. The van der Waals surface area contributed by atoms with Crippen LogP contribution in [0.1, 0.15) is 25.4 Å². The Hall–Kier alpha value is -3.71. The molecule has 184 valence electrons. The van der Waals surface area contributed by atoms with Gasteiger partial charge >= 0.3 is 16.3 Å². The van der Waals surface area contributed by atoms with Gasteiger partial charge in [0.1, 0.15) is 17.8 Å². The van der Waals surface area contributed by atoms with Crippen molar-refractivity contribution in [3.05, 3.63) is 16.9 Å². The Morgan fingerprint density at radius 1 is 1.41 bits per heavy atom. The van der Waals surface area contributed by atoms with Crippen LogP contribution in [0.4, 0.5) is 5.13 Å². The summed E-state index contributed by atoms with van der Waals surface area (Å²) in [6, 6.07) is -2.76. The minimum atomic E-state index is -4.96. The number of carboxylic acids is 1. The molecule has 1 aliphatic rings. The van der Waals surface area contributed by atoms with Gasteiger partial charge in [-0.15, -0.1) is 21.5 Å². The van der Waals surface area contributed by atoms with E-state index in [0.717, 1.165) is 16.1 Å². The number of thiazole rings is 1. The number of carbonyl (C=O) groups is 3. The number of aliphatic carboxylic acids is 1. The van der Waals surface area contributed by atoms with Crippen LogP contribution in [0.5, 0.6) is 0 Å². The molecule has 2 aromatic rings. The molecule has 1 fully saturated rings. The Morgan fingerprint density at radius 2 is 2.09 bits per heavy atom. The molecule has 3 heterocycles. The Bertz CT molecular complexity index is 1270. The van der Waals surface area contributed by atoms with Crippen LogP contribution >= 0.6 is 11.3 Å². The fraction of sp³-hybridized carbons (Fsp3) is 0.467. The topological polar surface area (TPSA) is 245 Å². The molecule has 17 nitrogen and oxygen atoms in total. The fourth-order valence-electron chi connectivity index (χ4n) is 2.72. The Balaban J connectivity index is 1.89. The molecule has 5 N–H and O–H groups in total. The van der Waals surface area contributed by atoms with Crippen LogP contribution in [-0.4, -0.2) is 88.8 Å². The first kappa shape index (κ1) is 24.9. The number of tetrazole rings is 1. The van der Waals surface area contributed by atoms with Crippen molar-refractivity contribution in [2.24, 2.45) is 5.16 Å². The fourth-order valence-corrected chi connectivity index (χ4v) is 4.14. The van der Waals surface area contributed by atoms with E-state index in [4.69, 9.17) is 10.6 Å². The average Bonchev–Trinajstić information content (AvgIpc) is 3.32. The van der Waals surface area contributed by atoms with Gasteiger partial charge in [-0.1, -0.05) is 5.16 Å². The van der Waals surface area contributed by atoms with Crippen molar-refractivity contribution in [3.8, 4) is 0 Å². The quantitative estimate of drug-likeness (QED) is 0.119. The van der Waals surface area contributed by atoms with Crippen molar-refractivity contribution in [2.75, 3.05) is 5.73 Å². The van der Waals surface area contributed by atoms with Crippen LogP contribution in [0.3, 0.4) is 0 Å². The second kappa shape index (κ2) is 8.91. The summed E-state index contributed by atoms with van der Waals surface area (Å²) in [5.41, 5.74) is 3.17. The zero-order valence-corrected chi connectivity index (χ0v) is 19.4. The third-order valence-corrected chi connectivity index (χ3v) is 6.09. The first-order valence-electron chi connectivity index (χ1n) is 9.27. The number of aryl methyl sites for hydroxylation is 1. The van der Waals surface area contributed by atoms with E-state index < -0.39 is 51.5 Å². The maximum atomic E-state index is 13.0. The van der Waals surface area contributed by atoms with E-state index in [-0.39, 0.29) is 27.5 Å². The highest BCUT2D eigenvalue weighted by molar-refractivity contribution is 7.84. The van der Waals surface area contributed by atoms with Crippen molar-refractivity contribution >= 4 is 50.3 Å². The summed E-state index contributed by atoms with van der Waals surface area (Å²) in [5, 5.41) is 27.7. The molecule has 0 aliphatic carbocycles. The second-order valence-corrected chi connectivity index (χ2v) is 9.62. The van der Waals surface area contributed by atoms with Gasteiger partial charge in [-0.05, 0) is 26.0 Å². The molecule has 19 heteroatoms. The van der Waals surface area contributed by atoms with Crippen LogP contribution in [0, 0.1) is 6.92 Å². The highest BCUT2D eigenvalue weighted by Crippen LogP contribution is 2.25. The van der Waals surface area contributed by atoms with Gasteiger partial charge in [0, 0.05) is 5.38 Å². The number of β-lactam (4-membered cyclic amide) rings is 1. The normalized spacial score (nSPS) is 19.0. The number of nitrogen functional groups attached to an aromatic ring is 1. The third-order valence-electron chi connectivity index (χ3n) is 4.47. The predicted octanol–water partition coefficient (Wildman–Crippen LogP) is -2.20. The Labute approximate surface area is 195 Å². The molecule has 2 amide bonds. The number of oxime groups is 1. The molecule has 2 atom stereocenters. The lowest BCUT2D eigenvalue weighted by atomic mass is 9.98. The third kappa shape index (κ3) is 5.10. The first-order valence-corrected chi connectivity index (χ1v) is 11.5. The van der Waals surface area contributed by atoms with Crippen molar-refractivity contribution in [2.45, 2.75) is 45.0 Å². The van der Waals surface area contributed by atoms with Crippen LogP contribution in [0.25, 0.3) is 0 Å². The number of amides is 2. The zero-order chi connectivity index (χ0) is 25.4. The maximum Gasteiger partial charge on any atom is 0.362 e. The van der Waals surface area contributed by atoms with Gasteiger partial charge in [0.25, 0.3) is 11.8 Å². The molecule has 1 aliphatic heterocycles. The van der Waals surface area contributed by atoms with Gasteiger partial charge in [0.05, 0.1) is 6.54 Å².